The SMILES string of the molecule is O=C(O)CCS(=O)C1CCC1. The minimum Gasteiger partial charge on any atom is -0.481 e. The molecule has 11 heavy (non-hydrogen) atoms. The van der Waals surface area contributed by atoms with E-state index in [1.54, 1.807) is 0 Å². The van der Waals surface area contributed by atoms with E-state index in [0.29, 0.717) is 11.0 Å². The van der Waals surface area contributed by atoms with Gasteiger partial charge in [0.15, 0.2) is 0 Å². The second-order valence-corrected chi connectivity index (χ2v) is 4.62. The van der Waals surface area contributed by atoms with Gasteiger partial charge >= 0.3 is 5.97 Å². The van der Waals surface area contributed by atoms with Gasteiger partial charge in [-0.2, -0.15) is 0 Å². The van der Waals surface area contributed by atoms with Crippen LogP contribution >= 0.6 is 0 Å². The van der Waals surface area contributed by atoms with Crippen molar-refractivity contribution in [1.29, 1.82) is 0 Å². The molecule has 1 aliphatic rings. The molecule has 0 heterocycles. The van der Waals surface area contributed by atoms with Crippen LogP contribution in [0.5, 0.6) is 0 Å². The molecule has 0 amide bonds. The first-order chi connectivity index (χ1) is 5.20. The van der Waals surface area contributed by atoms with Crippen molar-refractivity contribution in [2.24, 2.45) is 0 Å². The molecule has 1 unspecified atom stereocenters. The molecule has 0 radical (unpaired) electrons. The van der Waals surface area contributed by atoms with Crippen LogP contribution in [-0.2, 0) is 15.6 Å². The van der Waals surface area contributed by atoms with E-state index in [1.165, 1.54) is 0 Å². The van der Waals surface area contributed by atoms with Gasteiger partial charge in [0.25, 0.3) is 0 Å². The Labute approximate surface area is 68.3 Å². The van der Waals surface area contributed by atoms with Gasteiger partial charge in [-0.1, -0.05) is 6.42 Å². The molecule has 1 N–H and O–H groups in total. The van der Waals surface area contributed by atoms with Crippen LogP contribution < -0.4 is 0 Å². The lowest BCUT2D eigenvalue weighted by molar-refractivity contribution is -0.136. The van der Waals surface area contributed by atoms with Crippen molar-refractivity contribution in [3.05, 3.63) is 0 Å². The maximum absolute atomic E-state index is 11.2. The van der Waals surface area contributed by atoms with E-state index in [0.717, 1.165) is 19.3 Å². The van der Waals surface area contributed by atoms with E-state index in [9.17, 15) is 9.00 Å². The Kier molecular flexibility index (Phi) is 3.05. The van der Waals surface area contributed by atoms with Crippen molar-refractivity contribution in [2.75, 3.05) is 5.75 Å². The first-order valence-corrected chi connectivity index (χ1v) is 5.17. The molecule has 3 nitrogen and oxygen atoms in total. The van der Waals surface area contributed by atoms with Crippen molar-refractivity contribution in [3.63, 3.8) is 0 Å². The van der Waals surface area contributed by atoms with Gasteiger partial charge in [0.2, 0.25) is 0 Å². The van der Waals surface area contributed by atoms with E-state index >= 15 is 0 Å². The summed E-state index contributed by atoms with van der Waals surface area (Å²) in [6.45, 7) is 0. The molecule has 0 aromatic heterocycles. The monoisotopic (exact) mass is 176 g/mol. The summed E-state index contributed by atoms with van der Waals surface area (Å²) in [6.07, 6.45) is 3.24. The Bertz CT molecular complexity index is 175. The lowest BCUT2D eigenvalue weighted by Crippen LogP contribution is -2.25. The van der Waals surface area contributed by atoms with Crippen molar-refractivity contribution < 1.29 is 14.1 Å². The highest BCUT2D eigenvalue weighted by molar-refractivity contribution is 7.85. The molecule has 1 rings (SSSR count). The second kappa shape index (κ2) is 3.85. The Hall–Kier alpha value is -0.380. The summed E-state index contributed by atoms with van der Waals surface area (Å²) in [5.41, 5.74) is 0. The molecule has 64 valence electrons. The van der Waals surface area contributed by atoms with Gasteiger partial charge in [-0.3, -0.25) is 9.00 Å². The zero-order valence-electron chi connectivity index (χ0n) is 6.28. The van der Waals surface area contributed by atoms with Crippen LogP contribution in [0.1, 0.15) is 25.7 Å². The lowest BCUT2D eigenvalue weighted by atomic mass is 10.0. The number of aliphatic carboxylic acids is 1. The van der Waals surface area contributed by atoms with Crippen LogP contribution in [-0.4, -0.2) is 26.3 Å². The van der Waals surface area contributed by atoms with Crippen LogP contribution in [0.25, 0.3) is 0 Å². The highest BCUT2D eigenvalue weighted by atomic mass is 32.2. The Morgan fingerprint density at radius 1 is 1.55 bits per heavy atom. The fraction of sp³-hybridized carbons (Fsp3) is 0.857. The van der Waals surface area contributed by atoms with Gasteiger partial charge in [-0.25, -0.2) is 0 Å². The third-order valence-corrected chi connectivity index (χ3v) is 3.76. The third kappa shape index (κ3) is 2.61. The molecule has 4 heteroatoms. The number of carboxylic acid groups (broad SMARTS) is 1. The highest BCUT2D eigenvalue weighted by Gasteiger charge is 2.23. The smallest absolute Gasteiger partial charge is 0.304 e. The van der Waals surface area contributed by atoms with Crippen molar-refractivity contribution >= 4 is 16.8 Å². The van der Waals surface area contributed by atoms with Gasteiger partial charge in [0.05, 0.1) is 6.42 Å². The Balaban J connectivity index is 2.15. The average Bonchev–Trinajstić information content (AvgIpc) is 1.79. The zero-order valence-corrected chi connectivity index (χ0v) is 7.10. The van der Waals surface area contributed by atoms with E-state index < -0.39 is 16.8 Å². The van der Waals surface area contributed by atoms with Gasteiger partial charge < -0.3 is 5.11 Å². The lowest BCUT2D eigenvalue weighted by Gasteiger charge is -2.23. The van der Waals surface area contributed by atoms with Crippen LogP contribution in [0.15, 0.2) is 0 Å². The molecule has 0 spiro atoms. The number of hydrogen-bond acceptors (Lipinski definition) is 2. The van der Waals surface area contributed by atoms with Crippen molar-refractivity contribution in [1.82, 2.24) is 0 Å². The molecular formula is C7H12O3S. The number of carboxylic acids is 1. The molecule has 0 aliphatic heterocycles. The molecule has 1 aliphatic carbocycles. The largest absolute Gasteiger partial charge is 0.481 e. The normalized spacial score (nSPS) is 20.7. The van der Waals surface area contributed by atoms with Crippen molar-refractivity contribution in [2.45, 2.75) is 30.9 Å². The van der Waals surface area contributed by atoms with Crippen LogP contribution in [0.4, 0.5) is 0 Å². The summed E-state index contributed by atoms with van der Waals surface area (Å²) in [5.74, 6) is -0.516. The second-order valence-electron chi connectivity index (χ2n) is 2.78. The number of rotatable bonds is 4. The fourth-order valence-electron chi connectivity index (χ4n) is 0.988. The maximum Gasteiger partial charge on any atom is 0.304 e. The molecular weight excluding hydrogens is 164 g/mol. The summed E-state index contributed by atoms with van der Waals surface area (Å²) in [7, 11) is -0.879. The van der Waals surface area contributed by atoms with Crippen LogP contribution in [0.3, 0.4) is 0 Å². The molecule has 0 bridgehead atoms. The molecule has 1 saturated carbocycles. The average molecular weight is 176 g/mol. The Morgan fingerprint density at radius 3 is 2.55 bits per heavy atom. The molecule has 0 saturated heterocycles. The predicted octanol–water partition coefficient (Wildman–Crippen LogP) is 0.762. The summed E-state index contributed by atoms with van der Waals surface area (Å²) in [6, 6.07) is 0. The molecule has 1 atom stereocenters. The van der Waals surface area contributed by atoms with Gasteiger partial charge in [0, 0.05) is 21.8 Å². The fourth-order valence-corrected chi connectivity index (χ4v) is 2.56. The van der Waals surface area contributed by atoms with Gasteiger partial charge in [0.1, 0.15) is 0 Å². The molecule has 0 aromatic carbocycles. The quantitative estimate of drug-likeness (QED) is 0.688. The maximum atomic E-state index is 11.2. The zero-order chi connectivity index (χ0) is 8.27. The van der Waals surface area contributed by atoms with Gasteiger partial charge in [-0.05, 0) is 12.8 Å². The van der Waals surface area contributed by atoms with Gasteiger partial charge in [-0.15, -0.1) is 0 Å². The van der Waals surface area contributed by atoms with Crippen molar-refractivity contribution in [3.8, 4) is 0 Å². The molecule has 1 fully saturated rings. The number of hydrogen-bond donors (Lipinski definition) is 1. The predicted molar refractivity (Wildman–Crippen MR) is 42.9 cm³/mol. The standard InChI is InChI=1S/C7H12O3S/c8-7(9)4-5-11(10)6-2-1-3-6/h6H,1-5H2,(H,8,9). The van der Waals surface area contributed by atoms with E-state index in [4.69, 9.17) is 5.11 Å². The minimum atomic E-state index is -0.879. The summed E-state index contributed by atoms with van der Waals surface area (Å²) < 4.78 is 11.2. The topological polar surface area (TPSA) is 54.4 Å². The highest BCUT2D eigenvalue weighted by Crippen LogP contribution is 2.24. The molecule has 0 aromatic rings. The minimum absolute atomic E-state index is 0.0448. The van der Waals surface area contributed by atoms with E-state index in [1.807, 2.05) is 0 Å². The summed E-state index contributed by atoms with van der Waals surface area (Å²) >= 11 is 0. The Morgan fingerprint density at radius 2 is 2.18 bits per heavy atom. The first-order valence-electron chi connectivity index (χ1n) is 3.79. The summed E-state index contributed by atoms with van der Waals surface area (Å²) in [5, 5.41) is 8.60. The first kappa shape index (κ1) is 8.71. The number of carbonyl (C=O) groups is 1. The van der Waals surface area contributed by atoms with E-state index in [2.05, 4.69) is 0 Å². The summed E-state index contributed by atoms with van der Waals surface area (Å²) in [4.78, 5) is 10.1. The third-order valence-electron chi connectivity index (χ3n) is 1.94. The van der Waals surface area contributed by atoms with Crippen LogP contribution in [0, 0.1) is 0 Å². The van der Waals surface area contributed by atoms with E-state index in [-0.39, 0.29) is 6.42 Å². The van der Waals surface area contributed by atoms with Crippen LogP contribution in [0.2, 0.25) is 0 Å².